The molecule has 1 aromatic rings. The van der Waals surface area contributed by atoms with Crippen LogP contribution >= 0.6 is 12.2 Å². The van der Waals surface area contributed by atoms with Crippen LogP contribution in [0, 0.1) is 0 Å². The average molecular weight is 336 g/mol. The minimum absolute atomic E-state index is 0.0525. The van der Waals surface area contributed by atoms with E-state index in [1.165, 1.54) is 7.11 Å². The quantitative estimate of drug-likeness (QED) is 0.815. The Bertz CT molecular complexity index is 536. The molecule has 1 aromatic heterocycles. The Hall–Kier alpha value is -1.68. The highest BCUT2D eigenvalue weighted by Crippen LogP contribution is 2.30. The first-order chi connectivity index (χ1) is 10.4. The number of hydrogen-bond acceptors (Lipinski definition) is 5. The van der Waals surface area contributed by atoms with Crippen LogP contribution in [-0.4, -0.2) is 41.4 Å². The molecule has 0 amide bonds. The molecule has 0 aliphatic carbocycles. The number of aromatic nitrogens is 2. The van der Waals surface area contributed by atoms with Crippen molar-refractivity contribution in [2.75, 3.05) is 25.6 Å². The third kappa shape index (κ3) is 4.67. The second kappa shape index (κ2) is 7.05. The van der Waals surface area contributed by atoms with Gasteiger partial charge in [-0.05, 0) is 25.1 Å². The number of halogens is 3. The van der Waals surface area contributed by atoms with E-state index in [-0.39, 0.29) is 23.0 Å². The van der Waals surface area contributed by atoms with Crippen molar-refractivity contribution in [2.45, 2.75) is 25.1 Å². The summed E-state index contributed by atoms with van der Waals surface area (Å²) in [6.07, 6.45) is -2.64. The van der Waals surface area contributed by atoms with Crippen molar-refractivity contribution >= 4 is 23.3 Å². The van der Waals surface area contributed by atoms with E-state index in [0.29, 0.717) is 19.2 Å². The number of nitrogens with one attached hydrogen (secondary N) is 2. The molecule has 0 aromatic carbocycles. The van der Waals surface area contributed by atoms with Crippen LogP contribution in [-0.2, 0) is 10.9 Å². The van der Waals surface area contributed by atoms with Gasteiger partial charge in [-0.25, -0.2) is 4.98 Å². The highest BCUT2D eigenvalue weighted by molar-refractivity contribution is 7.80. The van der Waals surface area contributed by atoms with Crippen LogP contribution in [0.25, 0.3) is 0 Å². The fourth-order valence-electron chi connectivity index (χ4n) is 1.89. The Balaban J connectivity index is 1.99. The van der Waals surface area contributed by atoms with Crippen molar-refractivity contribution in [1.82, 2.24) is 15.3 Å². The largest absolute Gasteiger partial charge is 0.481 e. The molecular weight excluding hydrogens is 321 g/mol. The summed E-state index contributed by atoms with van der Waals surface area (Å²) in [5.41, 5.74) is -1.11. The van der Waals surface area contributed by atoms with Crippen LogP contribution in [0.1, 0.15) is 18.5 Å². The highest BCUT2D eigenvalue weighted by Gasteiger charge is 2.34. The Kier molecular flexibility index (Phi) is 5.35. The number of anilines is 1. The van der Waals surface area contributed by atoms with Gasteiger partial charge >= 0.3 is 6.18 Å². The van der Waals surface area contributed by atoms with E-state index in [2.05, 4.69) is 20.6 Å². The van der Waals surface area contributed by atoms with Gasteiger partial charge in [0.2, 0.25) is 11.8 Å². The van der Waals surface area contributed by atoms with E-state index >= 15 is 0 Å². The van der Waals surface area contributed by atoms with Gasteiger partial charge in [0, 0.05) is 19.2 Å². The lowest BCUT2D eigenvalue weighted by atomic mass is 10.2. The molecule has 22 heavy (non-hydrogen) atoms. The predicted molar refractivity (Wildman–Crippen MR) is 76.8 cm³/mol. The van der Waals surface area contributed by atoms with E-state index in [0.717, 1.165) is 12.8 Å². The van der Waals surface area contributed by atoms with Gasteiger partial charge in [-0.3, -0.25) is 0 Å². The summed E-state index contributed by atoms with van der Waals surface area (Å²) in [5.74, 6) is -0.483. The standard InChI is InChI=1S/C12H15F3N4O2S/c1-20-9-5-8(12(13,14)15)17-10(18-9)19-11(22)16-6-7-3-2-4-21-7/h5,7H,2-4,6H2,1H3,(H2,16,17,18,19,22)/t7-/m1/s1. The lowest BCUT2D eigenvalue weighted by molar-refractivity contribution is -0.141. The maximum atomic E-state index is 12.7. The lowest BCUT2D eigenvalue weighted by Gasteiger charge is -2.14. The van der Waals surface area contributed by atoms with E-state index < -0.39 is 11.9 Å². The summed E-state index contributed by atoms with van der Waals surface area (Å²) < 4.78 is 48.3. The van der Waals surface area contributed by atoms with Crippen LogP contribution in [0.2, 0.25) is 0 Å². The zero-order chi connectivity index (χ0) is 16.2. The van der Waals surface area contributed by atoms with Gasteiger partial charge in [0.15, 0.2) is 10.8 Å². The number of ether oxygens (including phenoxy) is 2. The highest BCUT2D eigenvalue weighted by atomic mass is 32.1. The monoisotopic (exact) mass is 336 g/mol. The zero-order valence-electron chi connectivity index (χ0n) is 11.7. The van der Waals surface area contributed by atoms with E-state index in [1.54, 1.807) is 0 Å². The zero-order valence-corrected chi connectivity index (χ0v) is 12.6. The summed E-state index contributed by atoms with van der Waals surface area (Å²) in [4.78, 5) is 7.17. The maximum Gasteiger partial charge on any atom is 0.433 e. The van der Waals surface area contributed by atoms with Crippen LogP contribution < -0.4 is 15.4 Å². The summed E-state index contributed by atoms with van der Waals surface area (Å²) in [6.45, 7) is 1.18. The van der Waals surface area contributed by atoms with Crippen LogP contribution in [0.15, 0.2) is 6.07 Å². The second-order valence-electron chi connectivity index (χ2n) is 4.59. The van der Waals surface area contributed by atoms with E-state index in [1.807, 2.05) is 0 Å². The molecule has 0 saturated carbocycles. The molecule has 1 fully saturated rings. The Morgan fingerprint density at radius 1 is 1.50 bits per heavy atom. The van der Waals surface area contributed by atoms with Crippen molar-refractivity contribution < 1.29 is 22.6 Å². The molecule has 1 atom stereocenters. The van der Waals surface area contributed by atoms with Crippen molar-refractivity contribution in [3.05, 3.63) is 11.8 Å². The first kappa shape index (κ1) is 16.7. The van der Waals surface area contributed by atoms with Crippen LogP contribution in [0.4, 0.5) is 19.1 Å². The van der Waals surface area contributed by atoms with Gasteiger partial charge < -0.3 is 20.1 Å². The number of thiocarbonyl (C=S) groups is 1. The minimum Gasteiger partial charge on any atom is -0.481 e. The Morgan fingerprint density at radius 2 is 2.27 bits per heavy atom. The number of hydrogen-bond donors (Lipinski definition) is 2. The van der Waals surface area contributed by atoms with Crippen molar-refractivity contribution in [2.24, 2.45) is 0 Å². The topological polar surface area (TPSA) is 68.3 Å². The molecule has 0 spiro atoms. The molecule has 2 heterocycles. The molecule has 6 nitrogen and oxygen atoms in total. The van der Waals surface area contributed by atoms with Gasteiger partial charge in [-0.1, -0.05) is 0 Å². The molecule has 2 N–H and O–H groups in total. The van der Waals surface area contributed by atoms with Gasteiger partial charge in [0.1, 0.15) is 0 Å². The first-order valence-electron chi connectivity index (χ1n) is 6.55. The van der Waals surface area contributed by atoms with Crippen molar-refractivity contribution in [3.8, 4) is 5.88 Å². The fraction of sp³-hybridized carbons (Fsp3) is 0.583. The number of alkyl halides is 3. The Labute approximate surface area is 130 Å². The molecule has 2 rings (SSSR count). The second-order valence-corrected chi connectivity index (χ2v) is 5.00. The Morgan fingerprint density at radius 3 is 2.86 bits per heavy atom. The third-order valence-corrected chi connectivity index (χ3v) is 3.19. The van der Waals surface area contributed by atoms with Gasteiger partial charge in [0.25, 0.3) is 0 Å². The summed E-state index contributed by atoms with van der Waals surface area (Å²) in [5, 5.41) is 5.50. The molecule has 122 valence electrons. The first-order valence-corrected chi connectivity index (χ1v) is 6.96. The van der Waals surface area contributed by atoms with E-state index in [4.69, 9.17) is 21.7 Å². The average Bonchev–Trinajstić information content (AvgIpc) is 2.97. The molecule has 0 unspecified atom stereocenters. The number of methoxy groups -OCH3 is 1. The molecular formula is C12H15F3N4O2S. The number of nitrogens with zero attached hydrogens (tertiary/aromatic N) is 2. The maximum absolute atomic E-state index is 12.7. The third-order valence-electron chi connectivity index (χ3n) is 2.94. The minimum atomic E-state index is -4.60. The fourth-order valence-corrected chi connectivity index (χ4v) is 2.06. The normalized spacial score (nSPS) is 18.1. The van der Waals surface area contributed by atoms with E-state index in [9.17, 15) is 13.2 Å². The summed E-state index contributed by atoms with van der Waals surface area (Å²) in [7, 11) is 1.22. The smallest absolute Gasteiger partial charge is 0.433 e. The summed E-state index contributed by atoms with van der Waals surface area (Å²) in [6, 6.07) is 0.716. The molecule has 0 radical (unpaired) electrons. The predicted octanol–water partition coefficient (Wildman–Crippen LogP) is 1.97. The van der Waals surface area contributed by atoms with Gasteiger partial charge in [-0.15, -0.1) is 0 Å². The van der Waals surface area contributed by atoms with Crippen LogP contribution in [0.3, 0.4) is 0 Å². The molecule has 1 aliphatic rings. The van der Waals surface area contributed by atoms with Crippen LogP contribution in [0.5, 0.6) is 5.88 Å². The van der Waals surface area contributed by atoms with Gasteiger partial charge in [-0.2, -0.15) is 18.2 Å². The van der Waals surface area contributed by atoms with Crippen molar-refractivity contribution in [1.29, 1.82) is 0 Å². The number of rotatable bonds is 4. The summed E-state index contributed by atoms with van der Waals surface area (Å²) >= 11 is 5.01. The molecule has 10 heteroatoms. The molecule has 0 bridgehead atoms. The lowest BCUT2D eigenvalue weighted by Crippen LogP contribution is -2.35. The SMILES string of the molecule is COc1cc(C(F)(F)F)nc(NC(=S)NC[C@H]2CCCO2)n1. The molecule has 1 saturated heterocycles. The van der Waals surface area contributed by atoms with Crippen molar-refractivity contribution in [3.63, 3.8) is 0 Å². The van der Waals surface area contributed by atoms with Gasteiger partial charge in [0.05, 0.1) is 13.2 Å². The molecule has 1 aliphatic heterocycles.